The van der Waals surface area contributed by atoms with Gasteiger partial charge < -0.3 is 5.32 Å². The molecule has 0 amide bonds. The van der Waals surface area contributed by atoms with Crippen LogP contribution in [-0.4, -0.2) is 20.7 Å². The Morgan fingerprint density at radius 3 is 2.40 bits per heavy atom. The van der Waals surface area contributed by atoms with Gasteiger partial charge in [0.25, 0.3) is 0 Å². The molecule has 0 aliphatic heterocycles. The maximum absolute atomic E-state index is 10.6. The van der Waals surface area contributed by atoms with Gasteiger partial charge in [0.1, 0.15) is 0 Å². The highest BCUT2D eigenvalue weighted by atomic mass is 32.2. The fourth-order valence-corrected chi connectivity index (χ4v) is 1.39. The van der Waals surface area contributed by atoms with Gasteiger partial charge in [0.2, 0.25) is 10.0 Å². The van der Waals surface area contributed by atoms with Crippen molar-refractivity contribution in [1.29, 1.82) is 5.26 Å². The Hall–Kier alpha value is -1.58. The van der Waals surface area contributed by atoms with Gasteiger partial charge in [-0.3, -0.25) is 0 Å². The molecule has 0 saturated heterocycles. The number of nitrogens with one attached hydrogen (secondary N) is 1. The van der Waals surface area contributed by atoms with Crippen molar-refractivity contribution in [3.05, 3.63) is 29.8 Å². The predicted octanol–water partition coefficient (Wildman–Crippen LogP) is 0.259. The molecule has 80 valence electrons. The molecule has 0 heterocycles. The number of hydrogen-bond acceptors (Lipinski definition) is 4. The first-order chi connectivity index (χ1) is 7.01. The average molecular weight is 225 g/mol. The summed E-state index contributed by atoms with van der Waals surface area (Å²) in [6.45, 7) is 0.255. The first-order valence-electron chi connectivity index (χ1n) is 4.26. The molecule has 0 atom stereocenters. The van der Waals surface area contributed by atoms with E-state index in [1.807, 2.05) is 6.07 Å². The van der Waals surface area contributed by atoms with E-state index >= 15 is 0 Å². The van der Waals surface area contributed by atoms with Crippen molar-refractivity contribution >= 4 is 15.7 Å². The van der Waals surface area contributed by atoms with Crippen molar-refractivity contribution in [3.63, 3.8) is 0 Å². The maximum atomic E-state index is 10.6. The molecule has 0 aliphatic carbocycles. The van der Waals surface area contributed by atoms with E-state index in [0.29, 0.717) is 5.56 Å². The van der Waals surface area contributed by atoms with Crippen LogP contribution >= 0.6 is 0 Å². The zero-order valence-electron chi connectivity index (χ0n) is 7.97. The molecule has 6 heteroatoms. The highest BCUT2D eigenvalue weighted by molar-refractivity contribution is 7.89. The third-order valence-corrected chi connectivity index (χ3v) is 2.50. The molecular weight excluding hydrogens is 214 g/mol. The molecule has 0 aromatic heterocycles. The van der Waals surface area contributed by atoms with Crippen LogP contribution in [0.15, 0.2) is 24.3 Å². The predicted molar refractivity (Wildman–Crippen MR) is 57.6 cm³/mol. The van der Waals surface area contributed by atoms with Crippen LogP contribution in [0.25, 0.3) is 0 Å². The largest absolute Gasteiger partial charge is 0.384 e. The third kappa shape index (κ3) is 4.44. The molecule has 0 unspecified atom stereocenters. The zero-order valence-corrected chi connectivity index (χ0v) is 8.79. The number of nitrogens with two attached hydrogens (primary N) is 1. The Morgan fingerprint density at radius 1 is 1.33 bits per heavy atom. The first kappa shape index (κ1) is 11.5. The average Bonchev–Trinajstić information content (AvgIpc) is 2.17. The van der Waals surface area contributed by atoms with Gasteiger partial charge in [-0.15, -0.1) is 0 Å². The summed E-state index contributed by atoms with van der Waals surface area (Å²) in [5.74, 6) is -0.118. The molecule has 0 radical (unpaired) electrons. The normalized spacial score (nSPS) is 10.7. The number of sulfonamides is 1. The second kappa shape index (κ2) is 4.77. The van der Waals surface area contributed by atoms with Gasteiger partial charge in [-0.1, -0.05) is 0 Å². The Balaban J connectivity index is 2.49. The molecule has 5 nitrogen and oxygen atoms in total. The van der Waals surface area contributed by atoms with E-state index in [1.54, 1.807) is 24.3 Å². The fraction of sp³-hybridized carbons (Fsp3) is 0.222. The second-order valence-corrected chi connectivity index (χ2v) is 4.72. The van der Waals surface area contributed by atoms with E-state index in [2.05, 4.69) is 5.32 Å². The van der Waals surface area contributed by atoms with E-state index in [4.69, 9.17) is 10.4 Å². The lowest BCUT2D eigenvalue weighted by Crippen LogP contribution is -2.22. The van der Waals surface area contributed by atoms with E-state index in [9.17, 15) is 8.42 Å². The summed E-state index contributed by atoms with van der Waals surface area (Å²) in [6, 6.07) is 8.72. The Labute approximate surface area is 88.6 Å². The number of rotatable bonds is 4. The SMILES string of the molecule is N#Cc1ccc(NCCS(N)(=O)=O)cc1. The van der Waals surface area contributed by atoms with Gasteiger partial charge in [0.15, 0.2) is 0 Å². The van der Waals surface area contributed by atoms with Gasteiger partial charge in [-0.2, -0.15) is 5.26 Å². The van der Waals surface area contributed by atoms with Crippen LogP contribution in [0.2, 0.25) is 0 Å². The molecule has 0 bridgehead atoms. The van der Waals surface area contributed by atoms with Gasteiger partial charge in [0.05, 0.1) is 17.4 Å². The van der Waals surface area contributed by atoms with Crippen LogP contribution in [0.3, 0.4) is 0 Å². The number of hydrogen-bond donors (Lipinski definition) is 2. The smallest absolute Gasteiger partial charge is 0.210 e. The molecule has 0 fully saturated rings. The minimum absolute atomic E-state index is 0.118. The second-order valence-electron chi connectivity index (χ2n) is 2.98. The number of nitrogens with zero attached hydrogens (tertiary/aromatic N) is 1. The zero-order chi connectivity index (χ0) is 11.3. The lowest BCUT2D eigenvalue weighted by molar-refractivity contribution is 0.598. The summed E-state index contributed by atoms with van der Waals surface area (Å²) in [5.41, 5.74) is 1.32. The van der Waals surface area contributed by atoms with Gasteiger partial charge in [-0.25, -0.2) is 13.6 Å². The number of benzene rings is 1. The van der Waals surface area contributed by atoms with Crippen molar-refractivity contribution in [1.82, 2.24) is 0 Å². The summed E-state index contributed by atoms with van der Waals surface area (Å²) >= 11 is 0. The highest BCUT2D eigenvalue weighted by Crippen LogP contribution is 2.07. The van der Waals surface area contributed by atoms with Crippen LogP contribution in [0.4, 0.5) is 5.69 Å². The fourth-order valence-electron chi connectivity index (χ4n) is 1.00. The minimum Gasteiger partial charge on any atom is -0.384 e. The Bertz CT molecular complexity index is 459. The number of nitriles is 1. The molecule has 1 aromatic rings. The van der Waals surface area contributed by atoms with Crippen molar-refractivity contribution in [2.45, 2.75) is 0 Å². The molecule has 1 rings (SSSR count). The number of primary sulfonamides is 1. The van der Waals surface area contributed by atoms with Crippen molar-refractivity contribution < 1.29 is 8.42 Å². The van der Waals surface area contributed by atoms with E-state index in [1.165, 1.54) is 0 Å². The molecule has 1 aromatic carbocycles. The summed E-state index contributed by atoms with van der Waals surface area (Å²) in [5, 5.41) is 16.3. The monoisotopic (exact) mass is 225 g/mol. The highest BCUT2D eigenvalue weighted by Gasteiger charge is 2.01. The molecule has 3 N–H and O–H groups in total. The summed E-state index contributed by atoms with van der Waals surface area (Å²) in [7, 11) is -3.42. The Kier molecular flexibility index (Phi) is 3.66. The van der Waals surface area contributed by atoms with Crippen LogP contribution in [-0.2, 0) is 10.0 Å². The number of anilines is 1. The lowest BCUT2D eigenvalue weighted by Gasteiger charge is -2.04. The molecular formula is C9H11N3O2S. The summed E-state index contributed by atoms with van der Waals surface area (Å²) < 4.78 is 21.2. The Morgan fingerprint density at radius 2 is 1.93 bits per heavy atom. The van der Waals surface area contributed by atoms with Crippen molar-refractivity contribution in [2.24, 2.45) is 5.14 Å². The molecule has 15 heavy (non-hydrogen) atoms. The van der Waals surface area contributed by atoms with Crippen LogP contribution in [0.5, 0.6) is 0 Å². The van der Waals surface area contributed by atoms with Gasteiger partial charge in [0, 0.05) is 12.2 Å². The summed E-state index contributed by atoms with van der Waals surface area (Å²) in [6.07, 6.45) is 0. The quantitative estimate of drug-likeness (QED) is 0.768. The molecule has 0 saturated carbocycles. The minimum atomic E-state index is -3.42. The standard InChI is InChI=1S/C9H11N3O2S/c10-7-8-1-3-9(4-2-8)12-5-6-15(11,13)14/h1-4,12H,5-6H2,(H2,11,13,14). The third-order valence-electron chi connectivity index (χ3n) is 1.73. The van der Waals surface area contributed by atoms with Crippen LogP contribution in [0.1, 0.15) is 5.56 Å². The van der Waals surface area contributed by atoms with E-state index < -0.39 is 10.0 Å². The summed E-state index contributed by atoms with van der Waals surface area (Å²) in [4.78, 5) is 0. The lowest BCUT2D eigenvalue weighted by atomic mass is 10.2. The van der Waals surface area contributed by atoms with Gasteiger partial charge in [-0.05, 0) is 24.3 Å². The van der Waals surface area contributed by atoms with Crippen molar-refractivity contribution in [2.75, 3.05) is 17.6 Å². The molecule has 0 spiro atoms. The van der Waals surface area contributed by atoms with E-state index in [0.717, 1.165) is 5.69 Å². The molecule has 0 aliphatic rings. The topological polar surface area (TPSA) is 96.0 Å². The van der Waals surface area contributed by atoms with Gasteiger partial charge >= 0.3 is 0 Å². The maximum Gasteiger partial charge on any atom is 0.210 e. The van der Waals surface area contributed by atoms with Crippen molar-refractivity contribution in [3.8, 4) is 6.07 Å². The first-order valence-corrected chi connectivity index (χ1v) is 5.97. The van der Waals surface area contributed by atoms with E-state index in [-0.39, 0.29) is 12.3 Å². The van der Waals surface area contributed by atoms with Crippen LogP contribution < -0.4 is 10.5 Å². The van der Waals surface area contributed by atoms with Crippen LogP contribution in [0, 0.1) is 11.3 Å².